The van der Waals surface area contributed by atoms with Crippen LogP contribution in [0.4, 0.5) is 11.5 Å². The Morgan fingerprint density at radius 1 is 1.56 bits per heavy atom. The van der Waals surface area contributed by atoms with Gasteiger partial charge < -0.3 is 5.32 Å². The molecule has 1 aromatic heterocycles. The largest absolute Gasteiger partial charge is 0.370 e. The van der Waals surface area contributed by atoms with Gasteiger partial charge in [-0.3, -0.25) is 10.1 Å². The van der Waals surface area contributed by atoms with E-state index in [1.807, 2.05) is 0 Å². The van der Waals surface area contributed by atoms with E-state index in [0.717, 1.165) is 25.8 Å². The minimum Gasteiger partial charge on any atom is -0.370 e. The summed E-state index contributed by atoms with van der Waals surface area (Å²) in [7, 11) is 0. The monoisotopic (exact) mass is 219 g/mol. The molecule has 0 saturated carbocycles. The summed E-state index contributed by atoms with van der Waals surface area (Å²) in [6.07, 6.45) is 9.16. The van der Waals surface area contributed by atoms with Gasteiger partial charge in [-0.1, -0.05) is 0 Å². The minimum atomic E-state index is -0.439. The third kappa shape index (κ3) is 3.96. The van der Waals surface area contributed by atoms with Crippen LogP contribution in [0.3, 0.4) is 0 Å². The first-order chi connectivity index (χ1) is 7.74. The number of anilines is 1. The predicted octanol–water partition coefficient (Wildman–Crippen LogP) is 2.21. The summed E-state index contributed by atoms with van der Waals surface area (Å²) in [5.41, 5.74) is 0.0427. The van der Waals surface area contributed by atoms with Gasteiger partial charge in [0.1, 0.15) is 5.82 Å². The van der Waals surface area contributed by atoms with Crippen LogP contribution in [0.1, 0.15) is 19.3 Å². The van der Waals surface area contributed by atoms with Crippen molar-refractivity contribution < 1.29 is 4.92 Å². The van der Waals surface area contributed by atoms with Gasteiger partial charge in [0.05, 0.1) is 11.0 Å². The van der Waals surface area contributed by atoms with Gasteiger partial charge in [0, 0.05) is 25.2 Å². The van der Waals surface area contributed by atoms with Crippen molar-refractivity contribution in [3.8, 4) is 12.3 Å². The highest BCUT2D eigenvalue weighted by molar-refractivity contribution is 5.43. The Morgan fingerprint density at radius 2 is 2.38 bits per heavy atom. The fraction of sp³-hybridized carbons (Fsp3) is 0.364. The zero-order chi connectivity index (χ0) is 11.8. The number of nitro groups is 1. The average molecular weight is 219 g/mol. The van der Waals surface area contributed by atoms with E-state index in [4.69, 9.17) is 6.42 Å². The number of hydrogen-bond acceptors (Lipinski definition) is 4. The quantitative estimate of drug-likeness (QED) is 0.344. The molecule has 0 saturated heterocycles. The summed E-state index contributed by atoms with van der Waals surface area (Å²) in [6.45, 7) is 0.718. The first-order valence-electron chi connectivity index (χ1n) is 5.02. The van der Waals surface area contributed by atoms with Crippen LogP contribution in [0.25, 0.3) is 0 Å². The number of terminal acetylenes is 1. The van der Waals surface area contributed by atoms with Crippen molar-refractivity contribution in [3.05, 3.63) is 28.4 Å². The molecule has 0 bridgehead atoms. The molecule has 1 N–H and O–H groups in total. The van der Waals surface area contributed by atoms with Gasteiger partial charge in [-0.05, 0) is 12.8 Å². The Kier molecular flexibility index (Phi) is 4.80. The molecule has 0 aliphatic heterocycles. The van der Waals surface area contributed by atoms with Crippen molar-refractivity contribution in [2.45, 2.75) is 19.3 Å². The lowest BCUT2D eigenvalue weighted by Gasteiger charge is -2.03. The molecular weight excluding hydrogens is 206 g/mol. The zero-order valence-electron chi connectivity index (χ0n) is 8.85. The molecule has 0 aliphatic carbocycles. The number of hydrogen-bond donors (Lipinski definition) is 1. The van der Waals surface area contributed by atoms with Gasteiger partial charge in [-0.2, -0.15) is 0 Å². The predicted molar refractivity (Wildman–Crippen MR) is 62.1 cm³/mol. The number of pyridine rings is 1. The van der Waals surface area contributed by atoms with E-state index in [1.165, 1.54) is 18.3 Å². The molecule has 0 fully saturated rings. The molecule has 0 spiro atoms. The standard InChI is InChI=1S/C11H13N3O2/c1-2-3-4-5-7-12-11-9-10(14(15)16)6-8-13-11/h1,6,8-9H,3-5,7H2,(H,12,13). The summed E-state index contributed by atoms with van der Waals surface area (Å²) in [6, 6.07) is 2.78. The van der Waals surface area contributed by atoms with Crippen molar-refractivity contribution in [2.75, 3.05) is 11.9 Å². The Labute approximate surface area is 94.0 Å². The Bertz CT molecular complexity index is 398. The molecule has 16 heavy (non-hydrogen) atoms. The van der Waals surface area contributed by atoms with E-state index in [1.54, 1.807) is 0 Å². The number of unbranched alkanes of at least 4 members (excludes halogenated alkanes) is 2. The fourth-order valence-electron chi connectivity index (χ4n) is 1.20. The van der Waals surface area contributed by atoms with E-state index < -0.39 is 4.92 Å². The van der Waals surface area contributed by atoms with Crippen LogP contribution >= 0.6 is 0 Å². The van der Waals surface area contributed by atoms with E-state index in [9.17, 15) is 10.1 Å². The van der Waals surface area contributed by atoms with Gasteiger partial charge in [0.2, 0.25) is 0 Å². The topological polar surface area (TPSA) is 68.1 Å². The fourth-order valence-corrected chi connectivity index (χ4v) is 1.20. The second-order valence-corrected chi connectivity index (χ2v) is 3.24. The highest BCUT2D eigenvalue weighted by Gasteiger charge is 2.05. The van der Waals surface area contributed by atoms with E-state index >= 15 is 0 Å². The maximum Gasteiger partial charge on any atom is 0.274 e. The van der Waals surface area contributed by atoms with Gasteiger partial charge in [-0.25, -0.2) is 4.98 Å². The number of rotatable bonds is 6. The summed E-state index contributed by atoms with van der Waals surface area (Å²) in [5.74, 6) is 3.08. The van der Waals surface area contributed by atoms with E-state index in [2.05, 4.69) is 16.2 Å². The van der Waals surface area contributed by atoms with Crippen LogP contribution in [-0.4, -0.2) is 16.5 Å². The summed E-state index contributed by atoms with van der Waals surface area (Å²) in [5, 5.41) is 13.5. The Hall–Kier alpha value is -2.09. The van der Waals surface area contributed by atoms with Crippen LogP contribution in [0, 0.1) is 22.5 Å². The van der Waals surface area contributed by atoms with Crippen LogP contribution in [-0.2, 0) is 0 Å². The second kappa shape index (κ2) is 6.40. The molecule has 0 aromatic carbocycles. The van der Waals surface area contributed by atoms with Crippen molar-refractivity contribution >= 4 is 11.5 Å². The molecule has 84 valence electrons. The summed E-state index contributed by atoms with van der Waals surface area (Å²) >= 11 is 0. The zero-order valence-corrected chi connectivity index (χ0v) is 8.85. The van der Waals surface area contributed by atoms with Gasteiger partial charge >= 0.3 is 0 Å². The Balaban J connectivity index is 2.39. The lowest BCUT2D eigenvalue weighted by molar-refractivity contribution is -0.384. The molecule has 0 aliphatic rings. The van der Waals surface area contributed by atoms with E-state index in [0.29, 0.717) is 5.82 Å². The number of nitrogens with zero attached hydrogens (tertiary/aromatic N) is 2. The molecule has 0 radical (unpaired) electrons. The average Bonchev–Trinajstić information content (AvgIpc) is 2.29. The van der Waals surface area contributed by atoms with Gasteiger partial charge in [0.15, 0.2) is 0 Å². The lowest BCUT2D eigenvalue weighted by Crippen LogP contribution is -2.03. The van der Waals surface area contributed by atoms with Crippen LogP contribution < -0.4 is 5.32 Å². The molecule has 1 rings (SSSR count). The van der Waals surface area contributed by atoms with Crippen LogP contribution in [0.15, 0.2) is 18.3 Å². The molecule has 1 heterocycles. The maximum atomic E-state index is 10.5. The number of aromatic nitrogens is 1. The van der Waals surface area contributed by atoms with Crippen molar-refractivity contribution in [3.63, 3.8) is 0 Å². The highest BCUT2D eigenvalue weighted by atomic mass is 16.6. The highest BCUT2D eigenvalue weighted by Crippen LogP contribution is 2.13. The first-order valence-corrected chi connectivity index (χ1v) is 5.02. The van der Waals surface area contributed by atoms with Crippen LogP contribution in [0.5, 0.6) is 0 Å². The summed E-state index contributed by atoms with van der Waals surface area (Å²) < 4.78 is 0. The molecule has 1 aromatic rings. The first kappa shape index (κ1) is 12.0. The van der Waals surface area contributed by atoms with Gasteiger partial charge in [0.25, 0.3) is 5.69 Å². The third-order valence-electron chi connectivity index (χ3n) is 2.01. The molecule has 0 atom stereocenters. The van der Waals surface area contributed by atoms with Crippen molar-refractivity contribution in [2.24, 2.45) is 0 Å². The molecule has 0 amide bonds. The maximum absolute atomic E-state index is 10.5. The van der Waals surface area contributed by atoms with Gasteiger partial charge in [-0.15, -0.1) is 12.3 Å². The van der Waals surface area contributed by atoms with Crippen molar-refractivity contribution in [1.29, 1.82) is 0 Å². The third-order valence-corrected chi connectivity index (χ3v) is 2.01. The second-order valence-electron chi connectivity index (χ2n) is 3.24. The van der Waals surface area contributed by atoms with Crippen LogP contribution in [0.2, 0.25) is 0 Å². The normalized spacial score (nSPS) is 9.44. The SMILES string of the molecule is C#CCCCCNc1cc([N+](=O)[O-])ccn1. The molecule has 5 nitrogen and oxygen atoms in total. The molecule has 5 heteroatoms. The summed E-state index contributed by atoms with van der Waals surface area (Å²) in [4.78, 5) is 14.0. The van der Waals surface area contributed by atoms with E-state index in [-0.39, 0.29) is 5.69 Å². The van der Waals surface area contributed by atoms with Crippen molar-refractivity contribution in [1.82, 2.24) is 4.98 Å². The molecule has 0 unspecified atom stereocenters. The minimum absolute atomic E-state index is 0.0427. The molecular formula is C11H13N3O2. The smallest absolute Gasteiger partial charge is 0.274 e. The Morgan fingerprint density at radius 3 is 3.06 bits per heavy atom. The lowest BCUT2D eigenvalue weighted by atomic mass is 10.2. The number of nitrogens with one attached hydrogen (secondary N) is 1.